The van der Waals surface area contributed by atoms with Gasteiger partial charge in [0.1, 0.15) is 5.82 Å². The van der Waals surface area contributed by atoms with Crippen LogP contribution in [0.5, 0.6) is 0 Å². The van der Waals surface area contributed by atoms with Gasteiger partial charge in [-0.2, -0.15) is 0 Å². The number of hydrogen-bond donors (Lipinski definition) is 4. The largest absolute Gasteiger partial charge is 0.392 e. The number of rotatable bonds is 6. The van der Waals surface area contributed by atoms with E-state index < -0.39 is 0 Å². The molecule has 0 radical (unpaired) electrons. The molecule has 0 aliphatic rings. The molecule has 156 valence electrons. The lowest BCUT2D eigenvalue weighted by Crippen LogP contribution is -2.28. The second-order valence-electron chi connectivity index (χ2n) is 6.98. The SMILES string of the molecule is CCNC(=O)Nc1cc2c(-c3ccc(CO)cc3)ccc(Nc3cccnc3)c2cn1. The van der Waals surface area contributed by atoms with E-state index in [0.717, 1.165) is 38.8 Å². The second kappa shape index (κ2) is 9.23. The Labute approximate surface area is 180 Å². The quantitative estimate of drug-likeness (QED) is 0.368. The summed E-state index contributed by atoms with van der Waals surface area (Å²) in [5.41, 5.74) is 4.61. The van der Waals surface area contributed by atoms with Gasteiger partial charge in [0, 0.05) is 30.0 Å². The molecule has 0 unspecified atom stereocenters. The maximum Gasteiger partial charge on any atom is 0.320 e. The highest BCUT2D eigenvalue weighted by molar-refractivity contribution is 6.05. The summed E-state index contributed by atoms with van der Waals surface area (Å²) in [5.74, 6) is 0.463. The molecule has 2 amide bonds. The number of nitrogens with zero attached hydrogens (tertiary/aromatic N) is 2. The topological polar surface area (TPSA) is 99.2 Å². The van der Waals surface area contributed by atoms with E-state index in [0.29, 0.717) is 12.4 Å². The van der Waals surface area contributed by atoms with Gasteiger partial charge in [-0.05, 0) is 53.3 Å². The van der Waals surface area contributed by atoms with E-state index in [1.165, 1.54) is 0 Å². The third kappa shape index (κ3) is 4.62. The van der Waals surface area contributed by atoms with Crippen molar-refractivity contribution in [3.05, 3.63) is 78.8 Å². The summed E-state index contributed by atoms with van der Waals surface area (Å²) in [5, 5.41) is 20.1. The predicted octanol–water partition coefficient (Wildman–Crippen LogP) is 4.67. The molecule has 7 nitrogen and oxygen atoms in total. The first-order chi connectivity index (χ1) is 15.2. The molecule has 0 fully saturated rings. The summed E-state index contributed by atoms with van der Waals surface area (Å²) in [7, 11) is 0. The van der Waals surface area contributed by atoms with Crippen LogP contribution in [-0.2, 0) is 6.61 Å². The normalized spacial score (nSPS) is 10.6. The molecule has 0 atom stereocenters. The number of carbonyl (C=O) groups is 1. The van der Waals surface area contributed by atoms with Crippen LogP contribution in [0.4, 0.5) is 22.0 Å². The van der Waals surface area contributed by atoms with Crippen molar-refractivity contribution >= 4 is 34.0 Å². The number of aliphatic hydroxyl groups excluding tert-OH is 1. The van der Waals surface area contributed by atoms with Crippen LogP contribution in [0.2, 0.25) is 0 Å². The van der Waals surface area contributed by atoms with Crippen molar-refractivity contribution in [3.8, 4) is 11.1 Å². The fourth-order valence-corrected chi connectivity index (χ4v) is 3.37. The average molecular weight is 413 g/mol. The van der Waals surface area contributed by atoms with Gasteiger partial charge in [-0.25, -0.2) is 9.78 Å². The molecule has 2 aromatic heterocycles. The molecule has 0 bridgehead atoms. The third-order valence-electron chi connectivity index (χ3n) is 4.87. The Kier molecular flexibility index (Phi) is 6.05. The van der Waals surface area contributed by atoms with Crippen LogP contribution in [0.25, 0.3) is 21.9 Å². The average Bonchev–Trinajstić information content (AvgIpc) is 2.80. The zero-order chi connectivity index (χ0) is 21.6. The third-order valence-corrected chi connectivity index (χ3v) is 4.87. The number of urea groups is 1. The van der Waals surface area contributed by atoms with Crippen molar-refractivity contribution in [2.45, 2.75) is 13.5 Å². The number of aliphatic hydroxyl groups is 1. The highest BCUT2D eigenvalue weighted by atomic mass is 16.3. The molecule has 7 heteroatoms. The highest BCUT2D eigenvalue weighted by Gasteiger charge is 2.12. The van der Waals surface area contributed by atoms with Crippen molar-refractivity contribution in [2.24, 2.45) is 0 Å². The van der Waals surface area contributed by atoms with E-state index in [1.807, 2.05) is 61.5 Å². The van der Waals surface area contributed by atoms with E-state index in [4.69, 9.17) is 0 Å². The van der Waals surface area contributed by atoms with Crippen molar-refractivity contribution in [1.29, 1.82) is 0 Å². The Morgan fingerprint density at radius 3 is 2.58 bits per heavy atom. The summed E-state index contributed by atoms with van der Waals surface area (Å²) >= 11 is 0. The van der Waals surface area contributed by atoms with Gasteiger partial charge in [-0.15, -0.1) is 0 Å². The number of anilines is 3. The van der Waals surface area contributed by atoms with E-state index >= 15 is 0 Å². The van der Waals surface area contributed by atoms with E-state index in [-0.39, 0.29) is 12.6 Å². The van der Waals surface area contributed by atoms with Gasteiger partial charge in [0.15, 0.2) is 0 Å². The number of nitrogens with one attached hydrogen (secondary N) is 3. The Hall–Kier alpha value is -3.97. The molecule has 0 aliphatic heterocycles. The Morgan fingerprint density at radius 2 is 1.87 bits per heavy atom. The molecule has 4 N–H and O–H groups in total. The molecular weight excluding hydrogens is 390 g/mol. The molecule has 0 saturated heterocycles. The van der Waals surface area contributed by atoms with Gasteiger partial charge >= 0.3 is 6.03 Å². The summed E-state index contributed by atoms with van der Waals surface area (Å²) in [6.45, 7) is 2.39. The minimum Gasteiger partial charge on any atom is -0.392 e. The first-order valence-corrected chi connectivity index (χ1v) is 10.0. The van der Waals surface area contributed by atoms with Crippen molar-refractivity contribution in [1.82, 2.24) is 15.3 Å². The molecule has 2 aromatic carbocycles. The molecule has 2 heterocycles. The summed E-state index contributed by atoms with van der Waals surface area (Å²) in [4.78, 5) is 20.6. The van der Waals surface area contributed by atoms with Gasteiger partial charge in [0.05, 0.1) is 18.5 Å². The van der Waals surface area contributed by atoms with Crippen molar-refractivity contribution in [2.75, 3.05) is 17.2 Å². The van der Waals surface area contributed by atoms with Gasteiger partial charge in [0.2, 0.25) is 0 Å². The van der Waals surface area contributed by atoms with Gasteiger partial charge in [-0.3, -0.25) is 10.3 Å². The number of aromatic nitrogens is 2. The molecule has 0 spiro atoms. The van der Waals surface area contributed by atoms with Gasteiger partial charge in [-0.1, -0.05) is 30.3 Å². The fraction of sp³-hybridized carbons (Fsp3) is 0.125. The minimum atomic E-state index is -0.298. The number of fused-ring (bicyclic) bond motifs is 1. The van der Waals surface area contributed by atoms with Gasteiger partial charge in [0.25, 0.3) is 0 Å². The summed E-state index contributed by atoms with van der Waals surface area (Å²) in [6.07, 6.45) is 5.23. The maximum atomic E-state index is 12.0. The molecule has 0 saturated carbocycles. The standard InChI is InChI=1S/C24H23N5O2/c1-2-26-24(31)29-23-12-20-19(17-7-5-16(15-30)6-8-17)9-10-22(21(20)14-27-23)28-18-4-3-11-25-13-18/h3-14,28,30H,2,15H2,1H3,(H2,26,27,29,31). The molecule has 0 aliphatic carbocycles. The first kappa shape index (κ1) is 20.3. The van der Waals surface area contributed by atoms with Crippen LogP contribution >= 0.6 is 0 Å². The number of hydrogen-bond acceptors (Lipinski definition) is 5. The lowest BCUT2D eigenvalue weighted by atomic mass is 9.97. The molecular formula is C24H23N5O2. The Morgan fingerprint density at radius 1 is 1.03 bits per heavy atom. The van der Waals surface area contributed by atoms with Gasteiger partial charge < -0.3 is 15.7 Å². The molecule has 4 aromatic rings. The Bertz CT molecular complexity index is 1190. The Balaban J connectivity index is 1.81. The van der Waals surface area contributed by atoms with Crippen molar-refractivity contribution < 1.29 is 9.90 Å². The highest BCUT2D eigenvalue weighted by Crippen LogP contribution is 2.35. The van der Waals surface area contributed by atoms with Crippen LogP contribution in [0, 0.1) is 0 Å². The fourth-order valence-electron chi connectivity index (χ4n) is 3.37. The van der Waals surface area contributed by atoms with Crippen LogP contribution in [0.15, 0.2) is 73.2 Å². The number of benzene rings is 2. The monoisotopic (exact) mass is 413 g/mol. The number of carbonyl (C=O) groups excluding carboxylic acids is 1. The minimum absolute atomic E-state index is 0.000471. The van der Waals surface area contributed by atoms with Crippen LogP contribution < -0.4 is 16.0 Å². The summed E-state index contributed by atoms with van der Waals surface area (Å²) < 4.78 is 0. The zero-order valence-electron chi connectivity index (χ0n) is 17.1. The predicted molar refractivity (Wildman–Crippen MR) is 123 cm³/mol. The number of amides is 2. The van der Waals surface area contributed by atoms with Crippen LogP contribution in [-0.4, -0.2) is 27.7 Å². The number of pyridine rings is 2. The van der Waals surface area contributed by atoms with Crippen molar-refractivity contribution in [3.63, 3.8) is 0 Å². The van der Waals surface area contributed by atoms with Crippen LogP contribution in [0.3, 0.4) is 0 Å². The molecule has 31 heavy (non-hydrogen) atoms. The summed E-state index contributed by atoms with van der Waals surface area (Å²) in [6, 6.07) is 17.2. The molecule has 4 rings (SSSR count). The second-order valence-corrected chi connectivity index (χ2v) is 6.98. The van der Waals surface area contributed by atoms with Crippen LogP contribution in [0.1, 0.15) is 12.5 Å². The zero-order valence-corrected chi connectivity index (χ0v) is 17.1. The van der Waals surface area contributed by atoms with E-state index in [1.54, 1.807) is 18.6 Å². The van der Waals surface area contributed by atoms with E-state index in [9.17, 15) is 9.90 Å². The smallest absolute Gasteiger partial charge is 0.320 e. The van der Waals surface area contributed by atoms with E-state index in [2.05, 4.69) is 25.9 Å². The lowest BCUT2D eigenvalue weighted by Gasteiger charge is -2.15. The maximum absolute atomic E-state index is 12.0. The first-order valence-electron chi connectivity index (χ1n) is 10.0. The lowest BCUT2D eigenvalue weighted by molar-refractivity contribution is 0.252.